The van der Waals surface area contributed by atoms with E-state index < -0.39 is 0 Å². The monoisotopic (exact) mass is 292 g/mol. The summed E-state index contributed by atoms with van der Waals surface area (Å²) < 4.78 is 0. The van der Waals surface area contributed by atoms with Gasteiger partial charge in [-0.2, -0.15) is 0 Å². The number of nitrogens with zero attached hydrogens (tertiary/aromatic N) is 1. The molecule has 1 aromatic carbocycles. The summed E-state index contributed by atoms with van der Waals surface area (Å²) in [4.78, 5) is 4.01. The van der Waals surface area contributed by atoms with E-state index in [9.17, 15) is 0 Å². The fourth-order valence-electron chi connectivity index (χ4n) is 2.75. The molecule has 112 valence electrons. The lowest BCUT2D eigenvalue weighted by Gasteiger charge is -2.26. The van der Waals surface area contributed by atoms with Crippen LogP contribution in [0.5, 0.6) is 0 Å². The molecule has 2 nitrogen and oxygen atoms in total. The largest absolute Gasteiger partial charge is 0.310 e. The van der Waals surface area contributed by atoms with Gasteiger partial charge in [-0.05, 0) is 57.1 Å². The Balaban J connectivity index is 1.73. The Hall–Kier alpha value is -0.510. The number of rotatable bonds is 7. The van der Waals surface area contributed by atoms with Crippen LogP contribution in [0.1, 0.15) is 44.7 Å². The molecule has 1 N–H and O–H groups in total. The van der Waals surface area contributed by atoms with Gasteiger partial charge in [-0.1, -0.05) is 25.5 Å². The normalized spacial score (nSPS) is 18.1. The second-order valence-electron chi connectivity index (χ2n) is 5.60. The van der Waals surface area contributed by atoms with Crippen LogP contribution >= 0.6 is 11.8 Å². The Kier molecular flexibility index (Phi) is 6.91. The Bertz CT molecular complexity index is 371. The minimum Gasteiger partial charge on any atom is -0.310 e. The van der Waals surface area contributed by atoms with E-state index >= 15 is 0 Å². The lowest BCUT2D eigenvalue weighted by atomic mass is 10.1. The number of thioether (sulfide) groups is 1. The number of nitrogens with one attached hydrogen (secondary N) is 1. The van der Waals surface area contributed by atoms with Crippen molar-refractivity contribution < 1.29 is 0 Å². The first-order valence-electron chi connectivity index (χ1n) is 7.98. The van der Waals surface area contributed by atoms with Crippen LogP contribution < -0.4 is 5.32 Å². The van der Waals surface area contributed by atoms with Crippen molar-refractivity contribution in [3.8, 4) is 0 Å². The molecule has 1 aliphatic rings. The third-order valence-electron chi connectivity index (χ3n) is 4.02. The summed E-state index contributed by atoms with van der Waals surface area (Å²) >= 11 is 1.99. The quantitative estimate of drug-likeness (QED) is 0.766. The zero-order valence-electron chi connectivity index (χ0n) is 12.9. The van der Waals surface area contributed by atoms with Crippen LogP contribution in [-0.4, -0.2) is 36.8 Å². The SMILES string of the molecule is CCNC(C)c1ccc(SCCN2CCCCC2)cc1. The van der Waals surface area contributed by atoms with Crippen molar-refractivity contribution >= 4 is 11.8 Å². The standard InChI is InChI=1S/C17H28N2S/c1-3-18-15(2)16-7-9-17(10-8-16)20-14-13-19-11-5-4-6-12-19/h7-10,15,18H,3-6,11-14H2,1-2H3. The molecule has 1 atom stereocenters. The Morgan fingerprint density at radius 3 is 2.50 bits per heavy atom. The van der Waals surface area contributed by atoms with Gasteiger partial charge in [0.1, 0.15) is 0 Å². The van der Waals surface area contributed by atoms with Gasteiger partial charge in [0.15, 0.2) is 0 Å². The molecule has 0 aliphatic carbocycles. The summed E-state index contributed by atoms with van der Waals surface area (Å²) in [5.74, 6) is 1.21. The minimum absolute atomic E-state index is 0.451. The molecule has 1 saturated heterocycles. The first-order chi connectivity index (χ1) is 9.79. The van der Waals surface area contributed by atoms with Crippen molar-refractivity contribution in [2.24, 2.45) is 0 Å². The van der Waals surface area contributed by atoms with E-state index in [0.29, 0.717) is 6.04 Å². The lowest BCUT2D eigenvalue weighted by molar-refractivity contribution is 0.242. The summed E-state index contributed by atoms with van der Waals surface area (Å²) in [6.07, 6.45) is 4.21. The van der Waals surface area contributed by atoms with Gasteiger partial charge in [-0.3, -0.25) is 0 Å². The molecule has 20 heavy (non-hydrogen) atoms. The summed E-state index contributed by atoms with van der Waals surface area (Å²) in [6, 6.07) is 9.51. The molecule has 1 heterocycles. The highest BCUT2D eigenvalue weighted by Gasteiger charge is 2.09. The summed E-state index contributed by atoms with van der Waals surface area (Å²) in [5.41, 5.74) is 1.38. The Labute approximate surface area is 128 Å². The van der Waals surface area contributed by atoms with E-state index in [2.05, 4.69) is 48.3 Å². The van der Waals surface area contributed by atoms with Crippen LogP contribution in [0.25, 0.3) is 0 Å². The van der Waals surface area contributed by atoms with Crippen molar-refractivity contribution in [3.63, 3.8) is 0 Å². The van der Waals surface area contributed by atoms with Crippen LogP contribution in [0, 0.1) is 0 Å². The van der Waals surface area contributed by atoms with Gasteiger partial charge in [0, 0.05) is 23.2 Å². The third-order valence-corrected chi connectivity index (χ3v) is 5.01. The van der Waals surface area contributed by atoms with Crippen molar-refractivity contribution in [2.45, 2.75) is 44.0 Å². The zero-order valence-corrected chi connectivity index (χ0v) is 13.7. The highest BCUT2D eigenvalue weighted by atomic mass is 32.2. The molecule has 1 aromatic rings. The lowest BCUT2D eigenvalue weighted by Crippen LogP contribution is -2.31. The first kappa shape index (κ1) is 15.9. The van der Waals surface area contributed by atoms with Gasteiger partial charge in [0.25, 0.3) is 0 Å². The predicted molar refractivity (Wildman–Crippen MR) is 89.5 cm³/mol. The molecule has 0 saturated carbocycles. The second kappa shape index (κ2) is 8.71. The molecular formula is C17H28N2S. The maximum absolute atomic E-state index is 3.45. The molecule has 1 fully saturated rings. The summed E-state index contributed by atoms with van der Waals surface area (Å²) in [7, 11) is 0. The fourth-order valence-corrected chi connectivity index (χ4v) is 3.67. The molecule has 0 radical (unpaired) electrons. The van der Waals surface area contributed by atoms with Crippen molar-refractivity contribution in [2.75, 3.05) is 31.9 Å². The second-order valence-corrected chi connectivity index (χ2v) is 6.77. The van der Waals surface area contributed by atoms with Crippen molar-refractivity contribution in [3.05, 3.63) is 29.8 Å². The maximum Gasteiger partial charge on any atom is 0.0291 e. The molecule has 1 aliphatic heterocycles. The average Bonchev–Trinajstić information content (AvgIpc) is 2.49. The maximum atomic E-state index is 3.45. The van der Waals surface area contributed by atoms with E-state index in [-0.39, 0.29) is 0 Å². The molecule has 0 aromatic heterocycles. The van der Waals surface area contributed by atoms with Crippen molar-refractivity contribution in [1.82, 2.24) is 10.2 Å². The third kappa shape index (κ3) is 5.12. The van der Waals surface area contributed by atoms with Crippen LogP contribution in [0.2, 0.25) is 0 Å². The highest BCUT2D eigenvalue weighted by molar-refractivity contribution is 7.99. The molecule has 2 rings (SSSR count). The van der Waals surface area contributed by atoms with Crippen LogP contribution in [-0.2, 0) is 0 Å². The smallest absolute Gasteiger partial charge is 0.0291 e. The molecule has 0 amide bonds. The van der Waals surface area contributed by atoms with Crippen LogP contribution in [0.4, 0.5) is 0 Å². The number of hydrogen-bond acceptors (Lipinski definition) is 3. The van der Waals surface area contributed by atoms with E-state index in [1.165, 1.54) is 55.1 Å². The molecule has 0 bridgehead atoms. The topological polar surface area (TPSA) is 15.3 Å². The Morgan fingerprint density at radius 2 is 1.85 bits per heavy atom. The summed E-state index contributed by atoms with van der Waals surface area (Å²) in [5, 5.41) is 3.45. The highest BCUT2D eigenvalue weighted by Crippen LogP contribution is 2.21. The average molecular weight is 292 g/mol. The van der Waals surface area contributed by atoms with Crippen molar-refractivity contribution in [1.29, 1.82) is 0 Å². The van der Waals surface area contributed by atoms with E-state index in [1.807, 2.05) is 11.8 Å². The van der Waals surface area contributed by atoms with Gasteiger partial charge < -0.3 is 10.2 Å². The van der Waals surface area contributed by atoms with E-state index in [1.54, 1.807) is 0 Å². The molecule has 0 spiro atoms. The minimum atomic E-state index is 0.451. The van der Waals surface area contributed by atoms with Gasteiger partial charge in [-0.25, -0.2) is 0 Å². The van der Waals surface area contributed by atoms with E-state index in [4.69, 9.17) is 0 Å². The molecule has 3 heteroatoms. The fraction of sp³-hybridized carbons (Fsp3) is 0.647. The predicted octanol–water partition coefficient (Wildman–Crippen LogP) is 3.94. The van der Waals surface area contributed by atoms with Gasteiger partial charge in [-0.15, -0.1) is 11.8 Å². The van der Waals surface area contributed by atoms with E-state index in [0.717, 1.165) is 6.54 Å². The zero-order chi connectivity index (χ0) is 14.2. The van der Waals surface area contributed by atoms with Gasteiger partial charge in [0.05, 0.1) is 0 Å². The first-order valence-corrected chi connectivity index (χ1v) is 8.96. The number of benzene rings is 1. The van der Waals surface area contributed by atoms with Crippen LogP contribution in [0.3, 0.4) is 0 Å². The molecular weight excluding hydrogens is 264 g/mol. The van der Waals surface area contributed by atoms with Gasteiger partial charge in [0.2, 0.25) is 0 Å². The van der Waals surface area contributed by atoms with Gasteiger partial charge >= 0.3 is 0 Å². The van der Waals surface area contributed by atoms with Crippen LogP contribution in [0.15, 0.2) is 29.2 Å². The Morgan fingerprint density at radius 1 is 1.15 bits per heavy atom. The summed E-state index contributed by atoms with van der Waals surface area (Å²) in [6.45, 7) is 9.25. The molecule has 1 unspecified atom stereocenters. The number of piperidine rings is 1. The number of likely N-dealkylation sites (tertiary alicyclic amines) is 1. The number of hydrogen-bond donors (Lipinski definition) is 1.